The quantitative estimate of drug-likeness (QED) is 0.830. The van der Waals surface area contributed by atoms with Gasteiger partial charge in [0, 0.05) is 30.9 Å². The molecule has 1 heterocycles. The number of nitrogens with two attached hydrogens (primary N) is 1. The van der Waals surface area contributed by atoms with E-state index in [0.717, 1.165) is 17.1 Å². The van der Waals surface area contributed by atoms with E-state index in [1.54, 1.807) is 6.33 Å². The van der Waals surface area contributed by atoms with E-state index in [-0.39, 0.29) is 6.04 Å². The summed E-state index contributed by atoms with van der Waals surface area (Å²) in [6, 6.07) is 8.25. The van der Waals surface area contributed by atoms with Crippen molar-refractivity contribution < 1.29 is 0 Å². The minimum atomic E-state index is 0.226. The van der Waals surface area contributed by atoms with Gasteiger partial charge in [-0.25, -0.2) is 0 Å². The molecule has 0 saturated carbocycles. The molecular weight excluding hydrogens is 214 g/mol. The van der Waals surface area contributed by atoms with Crippen LogP contribution in [-0.4, -0.2) is 27.4 Å². The summed E-state index contributed by atoms with van der Waals surface area (Å²) in [7, 11) is 1.93. The van der Waals surface area contributed by atoms with Crippen LogP contribution in [0.4, 0.5) is 5.69 Å². The minimum Gasteiger partial charge on any atom is -0.381 e. The second kappa shape index (κ2) is 4.97. The van der Waals surface area contributed by atoms with Crippen LogP contribution in [0.3, 0.4) is 0 Å². The van der Waals surface area contributed by atoms with Gasteiger partial charge in [-0.2, -0.15) is 0 Å². The van der Waals surface area contributed by atoms with Gasteiger partial charge in [0.2, 0.25) is 0 Å². The Bertz CT molecular complexity index is 491. The number of benzene rings is 1. The number of hydrogen-bond acceptors (Lipinski definition) is 4. The molecule has 0 spiro atoms. The van der Waals surface area contributed by atoms with Gasteiger partial charge in [0.25, 0.3) is 0 Å². The third kappa shape index (κ3) is 2.45. The summed E-state index contributed by atoms with van der Waals surface area (Å²) in [6.07, 6.45) is 1.69. The molecule has 0 fully saturated rings. The van der Waals surface area contributed by atoms with Crippen LogP contribution < -0.4 is 11.1 Å². The number of rotatable bonds is 4. The Morgan fingerprint density at radius 1 is 1.41 bits per heavy atom. The average Bonchev–Trinajstić information content (AvgIpc) is 2.76. The Balaban J connectivity index is 2.38. The zero-order chi connectivity index (χ0) is 12.3. The number of aryl methyl sites for hydroxylation is 1. The van der Waals surface area contributed by atoms with E-state index >= 15 is 0 Å². The first-order chi connectivity index (χ1) is 8.22. The van der Waals surface area contributed by atoms with E-state index in [4.69, 9.17) is 5.73 Å². The highest BCUT2D eigenvalue weighted by atomic mass is 15.2. The number of nitrogens with one attached hydrogen (secondary N) is 1. The molecule has 90 valence electrons. The van der Waals surface area contributed by atoms with Crippen LogP contribution in [0, 0.1) is 0 Å². The maximum absolute atomic E-state index is 5.62. The maximum Gasteiger partial charge on any atom is 0.165 e. The molecule has 5 heteroatoms. The summed E-state index contributed by atoms with van der Waals surface area (Å²) in [6.45, 7) is 2.64. The normalized spacial score (nSPS) is 12.4. The zero-order valence-corrected chi connectivity index (χ0v) is 10.1. The summed E-state index contributed by atoms with van der Waals surface area (Å²) < 4.78 is 1.90. The van der Waals surface area contributed by atoms with E-state index in [0.29, 0.717) is 6.54 Å². The Hall–Kier alpha value is -1.88. The first kappa shape index (κ1) is 11.6. The van der Waals surface area contributed by atoms with Crippen LogP contribution in [0.1, 0.15) is 6.92 Å². The van der Waals surface area contributed by atoms with Crippen LogP contribution in [0.15, 0.2) is 30.6 Å². The Morgan fingerprint density at radius 3 is 2.82 bits per heavy atom. The second-order valence-electron chi connectivity index (χ2n) is 4.09. The smallest absolute Gasteiger partial charge is 0.165 e. The minimum absolute atomic E-state index is 0.226. The maximum atomic E-state index is 5.62. The highest BCUT2D eigenvalue weighted by Crippen LogP contribution is 2.25. The molecule has 0 amide bonds. The molecule has 1 atom stereocenters. The zero-order valence-electron chi connectivity index (χ0n) is 10.1. The lowest BCUT2D eigenvalue weighted by Gasteiger charge is -2.16. The third-order valence-corrected chi connectivity index (χ3v) is 2.63. The van der Waals surface area contributed by atoms with E-state index < -0.39 is 0 Å². The van der Waals surface area contributed by atoms with E-state index in [2.05, 4.69) is 15.5 Å². The van der Waals surface area contributed by atoms with Crippen LogP contribution in [0.25, 0.3) is 11.4 Å². The van der Waals surface area contributed by atoms with Gasteiger partial charge in [-0.3, -0.25) is 0 Å². The molecular formula is C12H17N5. The predicted octanol–water partition coefficient (Wildman–Crippen LogP) is 1.24. The lowest BCUT2D eigenvalue weighted by molar-refractivity contribution is 0.803. The summed E-state index contributed by atoms with van der Waals surface area (Å²) >= 11 is 0. The number of hydrogen-bond donors (Lipinski definition) is 2. The number of aromatic nitrogens is 3. The molecule has 1 aromatic carbocycles. The fraction of sp³-hybridized carbons (Fsp3) is 0.333. The van der Waals surface area contributed by atoms with Gasteiger partial charge in [-0.05, 0) is 19.1 Å². The van der Waals surface area contributed by atoms with Gasteiger partial charge >= 0.3 is 0 Å². The first-order valence-corrected chi connectivity index (χ1v) is 5.62. The molecule has 3 N–H and O–H groups in total. The van der Waals surface area contributed by atoms with Crippen LogP contribution >= 0.6 is 0 Å². The van der Waals surface area contributed by atoms with Gasteiger partial charge in [0.05, 0.1) is 0 Å². The van der Waals surface area contributed by atoms with Crippen molar-refractivity contribution in [3.05, 3.63) is 30.6 Å². The molecule has 1 unspecified atom stereocenters. The SMILES string of the molecule is CC(CN)Nc1ccccc1-c1nncn1C. The molecule has 0 bridgehead atoms. The lowest BCUT2D eigenvalue weighted by Crippen LogP contribution is -2.25. The monoisotopic (exact) mass is 231 g/mol. The fourth-order valence-electron chi connectivity index (χ4n) is 1.66. The summed E-state index contributed by atoms with van der Waals surface area (Å²) in [4.78, 5) is 0. The Kier molecular flexibility index (Phi) is 3.39. The average molecular weight is 231 g/mol. The number of nitrogens with zero attached hydrogens (tertiary/aromatic N) is 3. The van der Waals surface area contributed by atoms with Crippen LogP contribution in [-0.2, 0) is 7.05 Å². The number of para-hydroxylation sites is 1. The van der Waals surface area contributed by atoms with Gasteiger partial charge in [-0.15, -0.1) is 10.2 Å². The van der Waals surface area contributed by atoms with E-state index in [9.17, 15) is 0 Å². The molecule has 0 aliphatic heterocycles. The first-order valence-electron chi connectivity index (χ1n) is 5.62. The van der Waals surface area contributed by atoms with Gasteiger partial charge in [0.1, 0.15) is 6.33 Å². The van der Waals surface area contributed by atoms with Crippen molar-refractivity contribution in [2.45, 2.75) is 13.0 Å². The van der Waals surface area contributed by atoms with E-state index in [1.165, 1.54) is 0 Å². The van der Waals surface area contributed by atoms with Crippen molar-refractivity contribution in [3.8, 4) is 11.4 Å². The highest BCUT2D eigenvalue weighted by molar-refractivity contribution is 5.73. The molecule has 0 saturated heterocycles. The van der Waals surface area contributed by atoms with Crippen molar-refractivity contribution in [1.29, 1.82) is 0 Å². The summed E-state index contributed by atoms with van der Waals surface area (Å²) in [5.74, 6) is 0.845. The lowest BCUT2D eigenvalue weighted by atomic mass is 10.1. The molecule has 0 radical (unpaired) electrons. The van der Waals surface area contributed by atoms with Crippen molar-refractivity contribution in [2.75, 3.05) is 11.9 Å². The molecule has 0 aliphatic carbocycles. The standard InChI is InChI=1S/C12H17N5/c1-9(7-13)15-11-6-4-3-5-10(11)12-16-14-8-17(12)2/h3-6,8-9,15H,7,13H2,1-2H3. The van der Waals surface area contributed by atoms with Gasteiger partial charge in [0.15, 0.2) is 5.82 Å². The fourth-order valence-corrected chi connectivity index (χ4v) is 1.66. The summed E-state index contributed by atoms with van der Waals surface area (Å²) in [5, 5.41) is 11.4. The van der Waals surface area contributed by atoms with Crippen molar-refractivity contribution >= 4 is 5.69 Å². The molecule has 17 heavy (non-hydrogen) atoms. The molecule has 2 rings (SSSR count). The largest absolute Gasteiger partial charge is 0.381 e. The molecule has 2 aromatic rings. The van der Waals surface area contributed by atoms with Crippen molar-refractivity contribution in [2.24, 2.45) is 12.8 Å². The highest BCUT2D eigenvalue weighted by Gasteiger charge is 2.10. The second-order valence-corrected chi connectivity index (χ2v) is 4.09. The number of anilines is 1. The Morgan fingerprint density at radius 2 is 2.18 bits per heavy atom. The predicted molar refractivity (Wildman–Crippen MR) is 68.6 cm³/mol. The topological polar surface area (TPSA) is 68.8 Å². The van der Waals surface area contributed by atoms with E-state index in [1.807, 2.05) is 42.8 Å². The molecule has 5 nitrogen and oxygen atoms in total. The van der Waals surface area contributed by atoms with Crippen LogP contribution in [0.5, 0.6) is 0 Å². The third-order valence-electron chi connectivity index (χ3n) is 2.63. The van der Waals surface area contributed by atoms with Gasteiger partial charge < -0.3 is 15.6 Å². The Labute approximate surface area is 101 Å². The van der Waals surface area contributed by atoms with Crippen LogP contribution in [0.2, 0.25) is 0 Å². The molecule has 1 aromatic heterocycles. The van der Waals surface area contributed by atoms with Crippen molar-refractivity contribution in [1.82, 2.24) is 14.8 Å². The molecule has 0 aliphatic rings. The summed E-state index contributed by atoms with van der Waals surface area (Å²) in [5.41, 5.74) is 7.69. The van der Waals surface area contributed by atoms with Gasteiger partial charge in [-0.1, -0.05) is 12.1 Å². The van der Waals surface area contributed by atoms with Crippen molar-refractivity contribution in [3.63, 3.8) is 0 Å².